The molecule has 3 rings (SSSR count). The van der Waals surface area contributed by atoms with Gasteiger partial charge in [0.2, 0.25) is 0 Å². The number of aryl methyl sites for hydroxylation is 1. The minimum absolute atomic E-state index is 0.320. The van der Waals surface area contributed by atoms with Crippen molar-refractivity contribution in [1.82, 2.24) is 35.1 Å². The lowest BCUT2D eigenvalue weighted by molar-refractivity contribution is 0.381. The van der Waals surface area contributed by atoms with Gasteiger partial charge in [-0.2, -0.15) is 0 Å². The molecule has 7 heteroatoms. The lowest BCUT2D eigenvalue weighted by atomic mass is 10.0. The van der Waals surface area contributed by atoms with Crippen molar-refractivity contribution in [3.05, 3.63) is 54.4 Å². The highest BCUT2D eigenvalue weighted by atomic mass is 15.4. The van der Waals surface area contributed by atoms with Gasteiger partial charge in [-0.25, -0.2) is 4.68 Å². The molecule has 0 saturated heterocycles. The van der Waals surface area contributed by atoms with E-state index < -0.39 is 0 Å². The molecule has 3 aromatic rings. The molecule has 2 heterocycles. The second-order valence-electron chi connectivity index (χ2n) is 5.72. The van der Waals surface area contributed by atoms with Gasteiger partial charge < -0.3 is 4.57 Å². The molecule has 22 heavy (non-hydrogen) atoms. The molecule has 0 bridgehead atoms. The van der Waals surface area contributed by atoms with Crippen molar-refractivity contribution in [3.8, 4) is 5.69 Å². The van der Waals surface area contributed by atoms with Crippen molar-refractivity contribution in [2.75, 3.05) is 0 Å². The fraction of sp³-hybridized carbons (Fsp3) is 0.333. The Morgan fingerprint density at radius 2 is 1.91 bits per heavy atom. The zero-order chi connectivity index (χ0) is 15.6. The van der Waals surface area contributed by atoms with Crippen LogP contribution in [0, 0.1) is 0 Å². The first-order valence-electron chi connectivity index (χ1n) is 7.12. The molecule has 0 atom stereocenters. The molecule has 0 saturated carbocycles. The molecule has 0 spiro atoms. The molecule has 1 N–H and O–H groups in total. The van der Waals surface area contributed by atoms with Crippen molar-refractivity contribution < 1.29 is 0 Å². The summed E-state index contributed by atoms with van der Waals surface area (Å²) in [6.45, 7) is 4.76. The SMILES string of the molecule is Cn1cnnc1CNC(C)(C)c1cn(-c2ccccc2)nn1. The van der Waals surface area contributed by atoms with Crippen molar-refractivity contribution in [1.29, 1.82) is 0 Å². The predicted octanol–water partition coefficient (Wildman–Crippen LogP) is 1.42. The highest BCUT2D eigenvalue weighted by molar-refractivity contribution is 5.30. The topological polar surface area (TPSA) is 73.5 Å². The van der Waals surface area contributed by atoms with Crippen molar-refractivity contribution >= 4 is 0 Å². The van der Waals surface area contributed by atoms with Gasteiger partial charge >= 0.3 is 0 Å². The Morgan fingerprint density at radius 3 is 2.59 bits per heavy atom. The van der Waals surface area contributed by atoms with Crippen LogP contribution in [-0.2, 0) is 19.1 Å². The lowest BCUT2D eigenvalue weighted by Crippen LogP contribution is -2.37. The summed E-state index contributed by atoms with van der Waals surface area (Å²) in [6.07, 6.45) is 3.63. The van der Waals surface area contributed by atoms with Crippen molar-refractivity contribution in [2.45, 2.75) is 25.9 Å². The molecule has 0 radical (unpaired) electrons. The first kappa shape index (κ1) is 14.4. The van der Waals surface area contributed by atoms with Crippen LogP contribution in [0.3, 0.4) is 0 Å². The quantitative estimate of drug-likeness (QED) is 0.771. The zero-order valence-electron chi connectivity index (χ0n) is 12.9. The van der Waals surface area contributed by atoms with Crippen LogP contribution in [0.4, 0.5) is 0 Å². The van der Waals surface area contributed by atoms with Gasteiger partial charge in [0.1, 0.15) is 17.8 Å². The van der Waals surface area contributed by atoms with Crippen LogP contribution in [0.1, 0.15) is 25.4 Å². The highest BCUT2D eigenvalue weighted by Crippen LogP contribution is 2.19. The van der Waals surface area contributed by atoms with Gasteiger partial charge in [-0.1, -0.05) is 23.4 Å². The van der Waals surface area contributed by atoms with E-state index in [4.69, 9.17) is 0 Å². The molecule has 7 nitrogen and oxygen atoms in total. The summed E-state index contributed by atoms with van der Waals surface area (Å²) < 4.78 is 3.67. The highest BCUT2D eigenvalue weighted by Gasteiger charge is 2.24. The second kappa shape index (κ2) is 5.69. The maximum atomic E-state index is 4.29. The van der Waals surface area contributed by atoms with Gasteiger partial charge in [-0.3, -0.25) is 5.32 Å². The van der Waals surface area contributed by atoms with Crippen molar-refractivity contribution in [2.24, 2.45) is 7.05 Å². The minimum Gasteiger partial charge on any atom is -0.320 e. The van der Waals surface area contributed by atoms with Gasteiger partial charge in [0.05, 0.1) is 24.0 Å². The van der Waals surface area contributed by atoms with Crippen LogP contribution in [0.25, 0.3) is 5.69 Å². The number of para-hydroxylation sites is 1. The molecule has 0 aliphatic rings. The summed E-state index contributed by atoms with van der Waals surface area (Å²) in [5.74, 6) is 0.878. The normalized spacial score (nSPS) is 11.8. The molecule has 0 aliphatic heterocycles. The Labute approximate surface area is 129 Å². The Kier molecular flexibility index (Phi) is 3.72. The Bertz CT molecular complexity index is 742. The van der Waals surface area contributed by atoms with Gasteiger partial charge in [0, 0.05) is 7.05 Å². The van der Waals surface area contributed by atoms with E-state index in [1.54, 1.807) is 11.0 Å². The predicted molar refractivity (Wildman–Crippen MR) is 82.2 cm³/mol. The molecule has 0 aliphatic carbocycles. The van der Waals surface area contributed by atoms with Crippen molar-refractivity contribution in [3.63, 3.8) is 0 Å². The Morgan fingerprint density at radius 1 is 1.14 bits per heavy atom. The third-order valence-corrected chi connectivity index (χ3v) is 3.65. The average Bonchev–Trinajstić information content (AvgIpc) is 3.16. The number of hydrogen-bond donors (Lipinski definition) is 1. The lowest BCUT2D eigenvalue weighted by Gasteiger charge is -2.23. The van der Waals surface area contributed by atoms with Crippen LogP contribution in [-0.4, -0.2) is 29.8 Å². The van der Waals surface area contributed by atoms with E-state index >= 15 is 0 Å². The molecule has 0 unspecified atom stereocenters. The van der Waals surface area contributed by atoms with Crippen LogP contribution in [0.2, 0.25) is 0 Å². The summed E-state index contributed by atoms with van der Waals surface area (Å²) in [4.78, 5) is 0. The monoisotopic (exact) mass is 297 g/mol. The fourth-order valence-corrected chi connectivity index (χ4v) is 2.11. The van der Waals surface area contributed by atoms with Crippen LogP contribution in [0.15, 0.2) is 42.9 Å². The van der Waals surface area contributed by atoms with E-state index in [2.05, 4.69) is 39.7 Å². The van der Waals surface area contributed by atoms with E-state index in [0.29, 0.717) is 6.54 Å². The molecular formula is C15H19N7. The second-order valence-corrected chi connectivity index (χ2v) is 5.72. The molecule has 0 amide bonds. The third kappa shape index (κ3) is 2.89. The number of nitrogens with one attached hydrogen (secondary N) is 1. The van der Waals surface area contributed by atoms with Crippen LogP contribution >= 0.6 is 0 Å². The minimum atomic E-state index is -0.320. The van der Waals surface area contributed by atoms with Gasteiger partial charge in [-0.15, -0.1) is 15.3 Å². The maximum Gasteiger partial charge on any atom is 0.146 e. The summed E-state index contributed by atoms with van der Waals surface area (Å²) in [5, 5.41) is 19.9. The summed E-state index contributed by atoms with van der Waals surface area (Å²) in [7, 11) is 1.93. The number of nitrogens with zero attached hydrogens (tertiary/aromatic N) is 6. The average molecular weight is 297 g/mol. The van der Waals surface area contributed by atoms with E-state index in [1.165, 1.54) is 0 Å². The molecular weight excluding hydrogens is 278 g/mol. The number of benzene rings is 1. The largest absolute Gasteiger partial charge is 0.320 e. The maximum absolute atomic E-state index is 4.29. The van der Waals surface area contributed by atoms with E-state index in [-0.39, 0.29) is 5.54 Å². The fourth-order valence-electron chi connectivity index (χ4n) is 2.11. The molecule has 2 aromatic heterocycles. The van der Waals surface area contributed by atoms with E-state index in [1.807, 2.05) is 48.1 Å². The van der Waals surface area contributed by atoms with Gasteiger partial charge in [-0.05, 0) is 26.0 Å². The first-order valence-corrected chi connectivity index (χ1v) is 7.12. The molecule has 0 fully saturated rings. The van der Waals surface area contributed by atoms with E-state index in [0.717, 1.165) is 17.2 Å². The smallest absolute Gasteiger partial charge is 0.146 e. The molecule has 114 valence electrons. The summed E-state index contributed by atoms with van der Waals surface area (Å²) in [5.41, 5.74) is 1.54. The van der Waals surface area contributed by atoms with Crippen LogP contribution in [0.5, 0.6) is 0 Å². The standard InChI is InChI=1S/C15H19N7/c1-15(2,16-9-14-19-17-11-21(14)3)13-10-22(20-18-13)12-7-5-4-6-8-12/h4-8,10-11,16H,9H2,1-3H3. The number of rotatable bonds is 5. The Balaban J connectivity index is 1.75. The Hall–Kier alpha value is -2.54. The summed E-state index contributed by atoms with van der Waals surface area (Å²) >= 11 is 0. The molecule has 1 aromatic carbocycles. The van der Waals surface area contributed by atoms with E-state index in [9.17, 15) is 0 Å². The van der Waals surface area contributed by atoms with Crippen LogP contribution < -0.4 is 5.32 Å². The first-order chi connectivity index (χ1) is 10.6. The van der Waals surface area contributed by atoms with Gasteiger partial charge in [0.25, 0.3) is 0 Å². The number of aromatic nitrogens is 6. The third-order valence-electron chi connectivity index (χ3n) is 3.65. The number of hydrogen-bond acceptors (Lipinski definition) is 5. The van der Waals surface area contributed by atoms with Gasteiger partial charge in [0.15, 0.2) is 0 Å². The zero-order valence-corrected chi connectivity index (χ0v) is 12.9. The summed E-state index contributed by atoms with van der Waals surface area (Å²) in [6, 6.07) is 9.94.